The molecule has 3 rings (SSSR count). The second-order valence-electron chi connectivity index (χ2n) is 11.9. The molecule has 0 aliphatic heterocycles. The van der Waals surface area contributed by atoms with Crippen LogP contribution < -0.4 is 0 Å². The standard InChI is InChI=1S/C38H57ClO4/c1-6-11-21-40-28-33-27-34(31-19-20-35(39)32(26-31)25-30-17-15-29(10-5)16-18-30)37(42-23-13-8-3)38(43-24-14-9-4)36(33)41-22-12-7-2/h15-20,26-27,33,36-38H,6-14,21-25,28H2,1-5H3/t33-,36-,37+,38+/m1/s1. The molecule has 0 saturated carbocycles. The Balaban J connectivity index is 2.03. The molecule has 0 bridgehead atoms. The molecule has 0 unspecified atom stereocenters. The van der Waals surface area contributed by atoms with E-state index in [0.29, 0.717) is 26.4 Å². The van der Waals surface area contributed by atoms with Gasteiger partial charge in [0.25, 0.3) is 0 Å². The van der Waals surface area contributed by atoms with Gasteiger partial charge in [-0.1, -0.05) is 108 Å². The molecule has 43 heavy (non-hydrogen) atoms. The van der Waals surface area contributed by atoms with Crippen molar-refractivity contribution in [3.05, 3.63) is 75.8 Å². The monoisotopic (exact) mass is 612 g/mol. The molecule has 1 aliphatic rings. The summed E-state index contributed by atoms with van der Waals surface area (Å²) < 4.78 is 26.3. The topological polar surface area (TPSA) is 36.9 Å². The minimum Gasteiger partial charge on any atom is -0.381 e. The lowest BCUT2D eigenvalue weighted by Gasteiger charge is -2.42. The smallest absolute Gasteiger partial charge is 0.115 e. The SMILES string of the molecule is CCCCOC[C@H]1C=C(c2ccc(Cl)c(Cc3ccc(CC)cc3)c2)[C@H](OCCCC)[C@@H](OCCCC)[C@@H]1OCCCC. The predicted molar refractivity (Wildman–Crippen MR) is 181 cm³/mol. The van der Waals surface area contributed by atoms with Crippen LogP contribution in [0, 0.1) is 5.92 Å². The fraction of sp³-hybridized carbons (Fsp3) is 0.632. The molecular weight excluding hydrogens is 556 g/mol. The van der Waals surface area contributed by atoms with Gasteiger partial charge >= 0.3 is 0 Å². The van der Waals surface area contributed by atoms with Crippen LogP contribution in [0.2, 0.25) is 5.02 Å². The summed E-state index contributed by atoms with van der Waals surface area (Å²) in [5.74, 6) is 0.0714. The summed E-state index contributed by atoms with van der Waals surface area (Å²) in [7, 11) is 0. The highest BCUT2D eigenvalue weighted by atomic mass is 35.5. The number of rotatable bonds is 21. The van der Waals surface area contributed by atoms with E-state index in [1.165, 1.54) is 11.1 Å². The average Bonchev–Trinajstić information content (AvgIpc) is 3.02. The number of hydrogen-bond donors (Lipinski definition) is 0. The van der Waals surface area contributed by atoms with Gasteiger partial charge in [-0.2, -0.15) is 0 Å². The third-order valence-corrected chi connectivity index (χ3v) is 8.68. The molecule has 0 N–H and O–H groups in total. The fourth-order valence-corrected chi connectivity index (χ4v) is 5.74. The summed E-state index contributed by atoms with van der Waals surface area (Å²) in [6.45, 7) is 14.5. The van der Waals surface area contributed by atoms with Crippen molar-refractivity contribution in [2.24, 2.45) is 5.92 Å². The van der Waals surface area contributed by atoms with Gasteiger partial charge in [-0.3, -0.25) is 0 Å². The third kappa shape index (κ3) is 11.3. The van der Waals surface area contributed by atoms with Gasteiger partial charge in [0.05, 0.1) is 12.7 Å². The lowest BCUT2D eigenvalue weighted by molar-refractivity contribution is -0.147. The van der Waals surface area contributed by atoms with E-state index in [4.69, 9.17) is 30.5 Å². The van der Waals surface area contributed by atoms with Gasteiger partial charge in [-0.15, -0.1) is 0 Å². The summed E-state index contributed by atoms with van der Waals surface area (Å²) >= 11 is 6.80. The lowest BCUT2D eigenvalue weighted by atomic mass is 9.80. The van der Waals surface area contributed by atoms with E-state index in [2.05, 4.69) is 77.1 Å². The Morgan fingerprint density at radius 1 is 0.651 bits per heavy atom. The largest absolute Gasteiger partial charge is 0.381 e. The van der Waals surface area contributed by atoms with Crippen molar-refractivity contribution in [2.45, 2.75) is 117 Å². The predicted octanol–water partition coefficient (Wildman–Crippen LogP) is 9.88. The zero-order valence-corrected chi connectivity index (χ0v) is 28.3. The normalized spacial score (nSPS) is 20.4. The van der Waals surface area contributed by atoms with Crippen molar-refractivity contribution >= 4 is 17.2 Å². The van der Waals surface area contributed by atoms with Gasteiger partial charge in [-0.05, 0) is 78.5 Å². The zero-order valence-electron chi connectivity index (χ0n) is 27.5. The fourth-order valence-electron chi connectivity index (χ4n) is 5.55. The second kappa shape index (κ2) is 20.4. The quantitative estimate of drug-likeness (QED) is 0.131. The summed E-state index contributed by atoms with van der Waals surface area (Å²) in [6.07, 6.45) is 12.1. The highest BCUT2D eigenvalue weighted by Gasteiger charge is 2.43. The van der Waals surface area contributed by atoms with E-state index in [1.807, 2.05) is 6.07 Å². The van der Waals surface area contributed by atoms with Crippen LogP contribution in [0.25, 0.3) is 5.57 Å². The van der Waals surface area contributed by atoms with Gasteiger partial charge in [0.1, 0.15) is 12.2 Å². The molecule has 2 aromatic rings. The van der Waals surface area contributed by atoms with E-state index in [9.17, 15) is 0 Å². The van der Waals surface area contributed by atoms with Crippen LogP contribution in [-0.2, 0) is 31.8 Å². The zero-order chi connectivity index (χ0) is 30.9. The Hall–Kier alpha value is -1.69. The maximum absolute atomic E-state index is 6.80. The van der Waals surface area contributed by atoms with Crippen LogP contribution in [0.1, 0.15) is 108 Å². The highest BCUT2D eigenvalue weighted by molar-refractivity contribution is 6.31. The van der Waals surface area contributed by atoms with Crippen molar-refractivity contribution < 1.29 is 18.9 Å². The van der Waals surface area contributed by atoms with Crippen molar-refractivity contribution in [1.82, 2.24) is 0 Å². The van der Waals surface area contributed by atoms with E-state index in [-0.39, 0.29) is 24.2 Å². The van der Waals surface area contributed by atoms with Crippen molar-refractivity contribution in [1.29, 1.82) is 0 Å². The number of benzene rings is 2. The van der Waals surface area contributed by atoms with Crippen LogP contribution in [0.5, 0.6) is 0 Å². The highest BCUT2D eigenvalue weighted by Crippen LogP contribution is 2.38. The Kier molecular flexibility index (Phi) is 16.9. The third-order valence-electron chi connectivity index (χ3n) is 8.31. The van der Waals surface area contributed by atoms with Gasteiger partial charge in [0.2, 0.25) is 0 Å². The van der Waals surface area contributed by atoms with Crippen molar-refractivity contribution in [3.63, 3.8) is 0 Å². The molecular formula is C38H57ClO4. The van der Waals surface area contributed by atoms with E-state index >= 15 is 0 Å². The molecule has 0 amide bonds. The molecule has 2 aromatic carbocycles. The number of hydrogen-bond acceptors (Lipinski definition) is 4. The summed E-state index contributed by atoms with van der Waals surface area (Å²) in [6, 6.07) is 15.3. The number of halogens is 1. The lowest BCUT2D eigenvalue weighted by Crippen LogP contribution is -2.51. The van der Waals surface area contributed by atoms with E-state index in [0.717, 1.165) is 92.5 Å². The van der Waals surface area contributed by atoms with Crippen LogP contribution in [0.15, 0.2) is 48.5 Å². The van der Waals surface area contributed by atoms with Gasteiger partial charge in [-0.25, -0.2) is 0 Å². The molecule has 5 heteroatoms. The van der Waals surface area contributed by atoms with E-state index < -0.39 is 0 Å². The van der Waals surface area contributed by atoms with Gasteiger partial charge < -0.3 is 18.9 Å². The molecule has 1 aliphatic carbocycles. The minimum atomic E-state index is -0.222. The first kappa shape index (κ1) is 35.8. The molecule has 240 valence electrons. The Morgan fingerprint density at radius 2 is 1.23 bits per heavy atom. The number of ether oxygens (including phenoxy) is 4. The van der Waals surface area contributed by atoms with Crippen LogP contribution in [0.4, 0.5) is 0 Å². The van der Waals surface area contributed by atoms with Crippen molar-refractivity contribution in [2.75, 3.05) is 33.0 Å². The molecule has 0 saturated heterocycles. The summed E-state index contributed by atoms with van der Waals surface area (Å²) in [4.78, 5) is 0. The first-order valence-electron chi connectivity index (χ1n) is 17.1. The number of unbranched alkanes of at least 4 members (excludes halogenated alkanes) is 4. The first-order chi connectivity index (χ1) is 21.1. The summed E-state index contributed by atoms with van der Waals surface area (Å²) in [5.41, 5.74) is 6.03. The molecule has 0 spiro atoms. The molecule has 0 radical (unpaired) electrons. The molecule has 0 aromatic heterocycles. The van der Waals surface area contributed by atoms with Crippen LogP contribution >= 0.6 is 11.6 Å². The Bertz CT molecular complexity index is 1070. The first-order valence-corrected chi connectivity index (χ1v) is 17.4. The van der Waals surface area contributed by atoms with Gasteiger partial charge in [0.15, 0.2) is 0 Å². The van der Waals surface area contributed by atoms with Gasteiger partial charge in [0, 0.05) is 37.4 Å². The van der Waals surface area contributed by atoms with Crippen LogP contribution in [-0.4, -0.2) is 51.3 Å². The average molecular weight is 613 g/mol. The molecule has 0 fully saturated rings. The van der Waals surface area contributed by atoms with Crippen LogP contribution in [0.3, 0.4) is 0 Å². The minimum absolute atomic E-state index is 0.0714. The maximum atomic E-state index is 6.80. The molecule has 4 atom stereocenters. The molecule has 0 heterocycles. The van der Waals surface area contributed by atoms with Crippen molar-refractivity contribution in [3.8, 4) is 0 Å². The Labute approximate surface area is 267 Å². The Morgan fingerprint density at radius 3 is 1.86 bits per heavy atom. The summed E-state index contributed by atoms with van der Waals surface area (Å²) in [5, 5.41) is 0.791. The van der Waals surface area contributed by atoms with E-state index in [1.54, 1.807) is 0 Å². The second-order valence-corrected chi connectivity index (χ2v) is 12.3. The molecule has 4 nitrogen and oxygen atoms in total. The number of aryl methyl sites for hydroxylation is 1. The maximum Gasteiger partial charge on any atom is 0.115 e.